The molecule has 0 spiro atoms. The van der Waals surface area contributed by atoms with Crippen LogP contribution in [0.4, 0.5) is 14.5 Å². The van der Waals surface area contributed by atoms with Crippen molar-refractivity contribution in [2.24, 2.45) is 5.73 Å². The number of non-ortho nitro benzene ring substituents is 1. The first-order valence-corrected chi connectivity index (χ1v) is 6.39. The van der Waals surface area contributed by atoms with Crippen LogP contribution in [0.3, 0.4) is 0 Å². The third-order valence-electron chi connectivity index (χ3n) is 2.56. The number of nitrogens with two attached hydrogens (primary N) is 1. The van der Waals surface area contributed by atoms with E-state index in [0.29, 0.717) is 6.07 Å². The number of ether oxygens (including phenoxy) is 1. The molecular formula is C11H11BrF2N2O5. The van der Waals surface area contributed by atoms with Gasteiger partial charge in [0.15, 0.2) is 0 Å². The average Bonchev–Trinajstić information content (AvgIpc) is 2.40. The number of nitro benzene ring substituents is 1. The number of alkyl halides is 2. The Balaban J connectivity index is 3.32. The molecule has 0 heterocycles. The fourth-order valence-corrected chi connectivity index (χ4v) is 1.96. The number of phenols is 1. The zero-order chi connectivity index (χ0) is 16.4. The van der Waals surface area contributed by atoms with Crippen LogP contribution in [-0.4, -0.2) is 28.5 Å². The van der Waals surface area contributed by atoms with Crippen molar-refractivity contribution < 1.29 is 28.3 Å². The molecule has 1 aromatic rings. The fraction of sp³-hybridized carbons (Fsp3) is 0.364. The lowest BCUT2D eigenvalue weighted by atomic mass is 9.99. The average molecular weight is 369 g/mol. The van der Waals surface area contributed by atoms with Gasteiger partial charge >= 0.3 is 11.9 Å². The van der Waals surface area contributed by atoms with E-state index in [-0.39, 0.29) is 11.1 Å². The van der Waals surface area contributed by atoms with E-state index in [1.807, 2.05) is 0 Å². The summed E-state index contributed by atoms with van der Waals surface area (Å²) in [6.07, 6.45) is 0. The Morgan fingerprint density at radius 2 is 2.19 bits per heavy atom. The van der Waals surface area contributed by atoms with Crippen LogP contribution in [0.15, 0.2) is 16.6 Å². The smallest absolute Gasteiger partial charge is 0.379 e. The number of phenolic OH excluding ortho intramolecular Hbond substituents is 1. The largest absolute Gasteiger partial charge is 0.506 e. The SMILES string of the molecule is CCOC(=O)C(F)(F)[C@@H](N)c1cc([N+](=O)[O-])cc(Br)c1O. The summed E-state index contributed by atoms with van der Waals surface area (Å²) in [5.41, 5.74) is 4.08. The van der Waals surface area contributed by atoms with Gasteiger partial charge in [-0.05, 0) is 22.9 Å². The highest BCUT2D eigenvalue weighted by Crippen LogP contribution is 2.40. The van der Waals surface area contributed by atoms with E-state index in [0.717, 1.165) is 6.07 Å². The van der Waals surface area contributed by atoms with Crippen molar-refractivity contribution in [2.45, 2.75) is 18.9 Å². The van der Waals surface area contributed by atoms with Crippen LogP contribution in [0.1, 0.15) is 18.5 Å². The van der Waals surface area contributed by atoms with E-state index in [4.69, 9.17) is 5.73 Å². The molecule has 1 atom stereocenters. The van der Waals surface area contributed by atoms with Gasteiger partial charge in [-0.3, -0.25) is 10.1 Å². The maximum absolute atomic E-state index is 13.8. The Labute approximate surface area is 126 Å². The molecule has 21 heavy (non-hydrogen) atoms. The molecule has 0 aliphatic rings. The molecule has 7 nitrogen and oxygen atoms in total. The summed E-state index contributed by atoms with van der Waals surface area (Å²) >= 11 is 2.80. The normalized spacial score (nSPS) is 12.8. The second-order valence-corrected chi connectivity index (χ2v) is 4.80. The molecule has 0 unspecified atom stereocenters. The molecule has 1 rings (SSSR count). The van der Waals surface area contributed by atoms with Crippen molar-refractivity contribution in [3.05, 3.63) is 32.3 Å². The highest BCUT2D eigenvalue weighted by Gasteiger charge is 2.49. The Bertz CT molecular complexity index is 582. The molecular weight excluding hydrogens is 358 g/mol. The van der Waals surface area contributed by atoms with Crippen LogP contribution < -0.4 is 5.73 Å². The number of aromatic hydroxyl groups is 1. The lowest BCUT2D eigenvalue weighted by Crippen LogP contribution is -2.41. The number of carbonyl (C=O) groups is 1. The number of benzene rings is 1. The van der Waals surface area contributed by atoms with Gasteiger partial charge in [-0.1, -0.05) is 0 Å². The number of nitro groups is 1. The van der Waals surface area contributed by atoms with Gasteiger partial charge in [0.05, 0.1) is 16.0 Å². The van der Waals surface area contributed by atoms with E-state index in [9.17, 15) is 28.8 Å². The number of rotatable bonds is 5. The minimum Gasteiger partial charge on any atom is -0.506 e. The highest BCUT2D eigenvalue weighted by molar-refractivity contribution is 9.10. The summed E-state index contributed by atoms with van der Waals surface area (Å²) in [6.45, 7) is 1.05. The molecule has 0 saturated carbocycles. The lowest BCUT2D eigenvalue weighted by molar-refractivity contribution is -0.385. The third kappa shape index (κ3) is 3.45. The van der Waals surface area contributed by atoms with Crippen LogP contribution in [-0.2, 0) is 9.53 Å². The first kappa shape index (κ1) is 17.2. The van der Waals surface area contributed by atoms with Crippen LogP contribution in [0.5, 0.6) is 5.75 Å². The molecule has 0 aromatic heterocycles. The molecule has 0 fully saturated rings. The summed E-state index contributed by atoms with van der Waals surface area (Å²) in [4.78, 5) is 21.1. The van der Waals surface area contributed by atoms with Gasteiger partial charge in [0, 0.05) is 17.7 Å². The molecule has 0 saturated heterocycles. The zero-order valence-corrected chi connectivity index (χ0v) is 12.3. The van der Waals surface area contributed by atoms with E-state index < -0.39 is 39.9 Å². The number of carbonyl (C=O) groups excluding carboxylic acids is 1. The van der Waals surface area contributed by atoms with Gasteiger partial charge in [0.25, 0.3) is 5.69 Å². The maximum Gasteiger partial charge on any atom is 0.379 e. The molecule has 0 aliphatic carbocycles. The predicted octanol–water partition coefficient (Wildman–Crippen LogP) is 2.26. The number of hydrogen-bond acceptors (Lipinski definition) is 6. The van der Waals surface area contributed by atoms with Gasteiger partial charge in [0.1, 0.15) is 11.8 Å². The van der Waals surface area contributed by atoms with Crippen LogP contribution in [0, 0.1) is 10.1 Å². The van der Waals surface area contributed by atoms with E-state index in [1.54, 1.807) is 0 Å². The molecule has 3 N–H and O–H groups in total. The first-order chi connectivity index (χ1) is 9.62. The van der Waals surface area contributed by atoms with Gasteiger partial charge < -0.3 is 15.6 Å². The first-order valence-electron chi connectivity index (χ1n) is 5.60. The lowest BCUT2D eigenvalue weighted by Gasteiger charge is -2.22. The van der Waals surface area contributed by atoms with Crippen molar-refractivity contribution >= 4 is 27.6 Å². The summed E-state index contributed by atoms with van der Waals surface area (Å²) in [5.74, 6) is -6.74. The van der Waals surface area contributed by atoms with Crippen molar-refractivity contribution in [1.82, 2.24) is 0 Å². The topological polar surface area (TPSA) is 116 Å². The predicted molar refractivity (Wildman–Crippen MR) is 71.0 cm³/mol. The number of esters is 1. The molecule has 0 aliphatic heterocycles. The standard InChI is InChI=1S/C11H11BrF2N2O5/c1-2-21-10(18)11(13,14)9(15)6-3-5(16(19)20)4-7(12)8(6)17/h3-4,9,17H,2,15H2,1H3/t9-/m0/s1. The molecule has 0 bridgehead atoms. The van der Waals surface area contributed by atoms with E-state index in [2.05, 4.69) is 20.7 Å². The number of hydrogen-bond donors (Lipinski definition) is 2. The summed E-state index contributed by atoms with van der Waals surface area (Å²) in [7, 11) is 0. The number of nitrogens with zero attached hydrogens (tertiary/aromatic N) is 1. The minimum atomic E-state index is -4.15. The maximum atomic E-state index is 13.8. The summed E-state index contributed by atoms with van der Waals surface area (Å²) < 4.78 is 31.7. The Kier molecular flexibility index (Phi) is 5.18. The molecule has 0 radical (unpaired) electrons. The highest BCUT2D eigenvalue weighted by atomic mass is 79.9. The summed E-state index contributed by atoms with van der Waals surface area (Å²) in [5, 5.41) is 20.4. The van der Waals surface area contributed by atoms with Gasteiger partial charge in [0.2, 0.25) is 0 Å². The van der Waals surface area contributed by atoms with Gasteiger partial charge in [-0.25, -0.2) is 4.79 Å². The molecule has 10 heteroatoms. The van der Waals surface area contributed by atoms with E-state index >= 15 is 0 Å². The van der Waals surface area contributed by atoms with Crippen molar-refractivity contribution in [1.29, 1.82) is 0 Å². The van der Waals surface area contributed by atoms with Crippen molar-refractivity contribution in [3.63, 3.8) is 0 Å². The van der Waals surface area contributed by atoms with Crippen molar-refractivity contribution in [2.75, 3.05) is 6.61 Å². The molecule has 116 valence electrons. The van der Waals surface area contributed by atoms with Gasteiger partial charge in [-0.15, -0.1) is 0 Å². The monoisotopic (exact) mass is 368 g/mol. The zero-order valence-electron chi connectivity index (χ0n) is 10.7. The van der Waals surface area contributed by atoms with E-state index in [1.165, 1.54) is 6.92 Å². The van der Waals surface area contributed by atoms with Crippen molar-refractivity contribution in [3.8, 4) is 5.75 Å². The second-order valence-electron chi connectivity index (χ2n) is 3.94. The molecule has 0 amide bonds. The Morgan fingerprint density at radius 3 is 2.67 bits per heavy atom. The van der Waals surface area contributed by atoms with Crippen LogP contribution in [0.25, 0.3) is 0 Å². The summed E-state index contributed by atoms with van der Waals surface area (Å²) in [6, 6.07) is -0.695. The fourth-order valence-electron chi connectivity index (χ4n) is 1.50. The van der Waals surface area contributed by atoms with Gasteiger partial charge in [-0.2, -0.15) is 8.78 Å². The second kappa shape index (κ2) is 6.31. The Hall–Kier alpha value is -1.81. The quantitative estimate of drug-likeness (QED) is 0.467. The van der Waals surface area contributed by atoms with Crippen LogP contribution in [0.2, 0.25) is 0 Å². The molecule has 1 aromatic carbocycles. The Morgan fingerprint density at radius 1 is 1.62 bits per heavy atom. The minimum absolute atomic E-state index is 0.193. The third-order valence-corrected chi connectivity index (χ3v) is 3.17. The van der Waals surface area contributed by atoms with Crippen LogP contribution >= 0.6 is 15.9 Å². The number of halogens is 3.